The fraction of sp³-hybridized carbons (Fsp3) is 0.290. The summed E-state index contributed by atoms with van der Waals surface area (Å²) in [4.78, 5) is 28.4. The van der Waals surface area contributed by atoms with E-state index >= 15 is 0 Å². The summed E-state index contributed by atoms with van der Waals surface area (Å²) >= 11 is 0. The highest BCUT2D eigenvalue weighted by Gasteiger charge is 2.47. The predicted octanol–water partition coefficient (Wildman–Crippen LogP) is 6.07. The molecule has 3 aromatic carbocycles. The number of benzene rings is 3. The maximum atomic E-state index is 13.5. The van der Waals surface area contributed by atoms with Crippen molar-refractivity contribution in [3.63, 3.8) is 0 Å². The first kappa shape index (κ1) is 26.8. The predicted molar refractivity (Wildman–Crippen MR) is 147 cm³/mol. The number of methoxy groups -OCH3 is 1. The largest absolute Gasteiger partial charge is 0.507 e. The van der Waals surface area contributed by atoms with Crippen molar-refractivity contribution in [1.29, 1.82) is 0 Å². The van der Waals surface area contributed by atoms with Gasteiger partial charge in [-0.1, -0.05) is 44.2 Å². The van der Waals surface area contributed by atoms with Crippen molar-refractivity contribution >= 4 is 23.1 Å². The molecule has 1 atom stereocenters. The van der Waals surface area contributed by atoms with Gasteiger partial charge in [0, 0.05) is 11.3 Å². The molecule has 1 unspecified atom stereocenters. The summed E-state index contributed by atoms with van der Waals surface area (Å²) in [6.45, 7) is 6.84. The quantitative estimate of drug-likeness (QED) is 0.200. The van der Waals surface area contributed by atoms with E-state index in [4.69, 9.17) is 14.2 Å². The van der Waals surface area contributed by atoms with E-state index in [1.54, 1.807) is 49.6 Å². The van der Waals surface area contributed by atoms with Crippen LogP contribution in [0.1, 0.15) is 49.9 Å². The van der Waals surface area contributed by atoms with E-state index in [1.807, 2.05) is 45.0 Å². The SMILES string of the molecule is CCCOc1cccc(/C(O)=C2/C(=O)C(=O)N(c3ccc(CC)cc3)C2c2ccc(OC)c(OCC)c2)c1. The van der Waals surface area contributed by atoms with Gasteiger partial charge in [-0.05, 0) is 67.3 Å². The third-order valence-corrected chi connectivity index (χ3v) is 6.45. The molecule has 0 aliphatic carbocycles. The molecule has 7 heteroatoms. The number of aliphatic hydroxyl groups is 1. The highest BCUT2D eigenvalue weighted by Crippen LogP contribution is 2.44. The molecule has 1 N–H and O–H groups in total. The Morgan fingerprint density at radius 2 is 1.68 bits per heavy atom. The zero-order valence-electron chi connectivity index (χ0n) is 22.2. The van der Waals surface area contributed by atoms with Crippen LogP contribution in [0.3, 0.4) is 0 Å². The first-order valence-corrected chi connectivity index (χ1v) is 12.9. The van der Waals surface area contributed by atoms with Gasteiger partial charge in [0.1, 0.15) is 11.5 Å². The van der Waals surface area contributed by atoms with Crippen LogP contribution in [-0.2, 0) is 16.0 Å². The first-order chi connectivity index (χ1) is 18.4. The molecule has 1 aliphatic heterocycles. The van der Waals surface area contributed by atoms with Crippen molar-refractivity contribution in [2.24, 2.45) is 0 Å². The summed E-state index contributed by atoms with van der Waals surface area (Å²) in [7, 11) is 1.55. The number of carbonyl (C=O) groups excluding carboxylic acids is 2. The molecular formula is C31H33NO6. The molecular weight excluding hydrogens is 482 g/mol. The van der Waals surface area contributed by atoms with Gasteiger partial charge in [0.2, 0.25) is 0 Å². The molecule has 7 nitrogen and oxygen atoms in total. The molecule has 198 valence electrons. The van der Waals surface area contributed by atoms with Crippen molar-refractivity contribution in [2.75, 3.05) is 25.2 Å². The fourth-order valence-electron chi connectivity index (χ4n) is 4.55. The minimum absolute atomic E-state index is 0.00479. The smallest absolute Gasteiger partial charge is 0.300 e. The number of aryl methyl sites for hydroxylation is 1. The number of hydrogen-bond donors (Lipinski definition) is 1. The lowest BCUT2D eigenvalue weighted by molar-refractivity contribution is -0.132. The number of carbonyl (C=O) groups is 2. The lowest BCUT2D eigenvalue weighted by Crippen LogP contribution is -2.29. The number of ether oxygens (including phenoxy) is 3. The van der Waals surface area contributed by atoms with Gasteiger partial charge in [-0.3, -0.25) is 14.5 Å². The van der Waals surface area contributed by atoms with E-state index in [-0.39, 0.29) is 11.3 Å². The topological polar surface area (TPSA) is 85.3 Å². The monoisotopic (exact) mass is 515 g/mol. The first-order valence-electron chi connectivity index (χ1n) is 12.9. The van der Waals surface area contributed by atoms with E-state index in [1.165, 1.54) is 4.90 Å². The van der Waals surface area contributed by atoms with Crippen molar-refractivity contribution in [3.8, 4) is 17.2 Å². The van der Waals surface area contributed by atoms with E-state index in [2.05, 4.69) is 0 Å². The molecule has 38 heavy (non-hydrogen) atoms. The molecule has 1 saturated heterocycles. The average molecular weight is 516 g/mol. The molecule has 1 amide bonds. The number of ketones is 1. The van der Waals surface area contributed by atoms with E-state index in [9.17, 15) is 14.7 Å². The molecule has 0 spiro atoms. The molecule has 0 radical (unpaired) electrons. The number of nitrogens with zero attached hydrogens (tertiary/aromatic N) is 1. The Balaban J connectivity index is 1.91. The van der Waals surface area contributed by atoms with Crippen LogP contribution >= 0.6 is 0 Å². The Morgan fingerprint density at radius 3 is 2.34 bits per heavy atom. The average Bonchev–Trinajstić information content (AvgIpc) is 3.21. The minimum atomic E-state index is -0.882. The molecule has 1 fully saturated rings. The normalized spacial score (nSPS) is 16.5. The van der Waals surface area contributed by atoms with Gasteiger partial charge >= 0.3 is 0 Å². The third-order valence-electron chi connectivity index (χ3n) is 6.45. The van der Waals surface area contributed by atoms with Crippen molar-refractivity contribution in [1.82, 2.24) is 0 Å². The maximum Gasteiger partial charge on any atom is 0.300 e. The van der Waals surface area contributed by atoms with Crippen molar-refractivity contribution in [3.05, 3.63) is 89.0 Å². The van der Waals surface area contributed by atoms with Gasteiger partial charge < -0.3 is 19.3 Å². The van der Waals surface area contributed by atoms with Crippen LogP contribution in [0.2, 0.25) is 0 Å². The van der Waals surface area contributed by atoms with Gasteiger partial charge in [0.15, 0.2) is 11.5 Å². The molecule has 0 bridgehead atoms. The van der Waals surface area contributed by atoms with Gasteiger partial charge in [-0.2, -0.15) is 0 Å². The Labute approximate surface area is 223 Å². The zero-order valence-corrected chi connectivity index (χ0v) is 22.2. The van der Waals surface area contributed by atoms with E-state index in [0.717, 1.165) is 18.4 Å². The van der Waals surface area contributed by atoms with E-state index in [0.29, 0.717) is 47.3 Å². The second kappa shape index (κ2) is 11.9. The van der Waals surface area contributed by atoms with Crippen molar-refractivity contribution < 1.29 is 28.9 Å². The summed E-state index contributed by atoms with van der Waals surface area (Å²) < 4.78 is 16.9. The van der Waals surface area contributed by atoms with Gasteiger partial charge in [-0.25, -0.2) is 0 Å². The molecule has 4 rings (SSSR count). The number of anilines is 1. The number of Topliss-reactive ketones (excluding diaryl/α,β-unsaturated/α-hetero) is 1. The number of amides is 1. The van der Waals surface area contributed by atoms with Crippen molar-refractivity contribution in [2.45, 2.75) is 39.7 Å². The standard InChI is InChI=1S/C31H33NO6/c1-5-17-38-24-10-8-9-22(18-24)29(33)27-28(21-13-16-25(36-4)26(19-21)37-7-3)32(31(35)30(27)34)23-14-11-20(6-2)12-15-23/h8-16,18-19,28,33H,5-7,17H2,1-4H3/b29-27-. The van der Waals surface area contributed by atoms with Gasteiger partial charge in [0.05, 0.1) is 31.9 Å². The van der Waals surface area contributed by atoms with Crippen LogP contribution in [0.15, 0.2) is 72.3 Å². The Bertz CT molecular complexity index is 1340. The molecule has 0 aromatic heterocycles. The highest BCUT2D eigenvalue weighted by molar-refractivity contribution is 6.51. The van der Waals surface area contributed by atoms with Crippen LogP contribution in [0.4, 0.5) is 5.69 Å². The maximum absolute atomic E-state index is 13.5. The molecule has 3 aromatic rings. The summed E-state index contributed by atoms with van der Waals surface area (Å²) in [6, 6.07) is 18.8. The molecule has 1 heterocycles. The number of hydrogen-bond acceptors (Lipinski definition) is 6. The lowest BCUT2D eigenvalue weighted by Gasteiger charge is -2.26. The van der Waals surface area contributed by atoms with Gasteiger partial charge in [-0.15, -0.1) is 0 Å². The fourth-order valence-corrected chi connectivity index (χ4v) is 4.55. The van der Waals surface area contributed by atoms with Crippen LogP contribution < -0.4 is 19.1 Å². The number of rotatable bonds is 10. The third kappa shape index (κ3) is 5.23. The Kier molecular flexibility index (Phi) is 8.36. The Morgan fingerprint density at radius 1 is 0.921 bits per heavy atom. The van der Waals surface area contributed by atoms with E-state index < -0.39 is 17.7 Å². The minimum Gasteiger partial charge on any atom is -0.507 e. The molecule has 1 aliphatic rings. The summed E-state index contributed by atoms with van der Waals surface area (Å²) in [5.41, 5.74) is 2.65. The highest BCUT2D eigenvalue weighted by atomic mass is 16.5. The Hall–Kier alpha value is -4.26. The number of aliphatic hydroxyl groups excluding tert-OH is 1. The van der Waals surface area contributed by atoms with Crippen LogP contribution in [0.5, 0.6) is 17.2 Å². The second-order valence-corrected chi connectivity index (χ2v) is 8.91. The molecule has 0 saturated carbocycles. The lowest BCUT2D eigenvalue weighted by atomic mass is 9.94. The zero-order chi connectivity index (χ0) is 27.2. The summed E-state index contributed by atoms with van der Waals surface area (Å²) in [6.07, 6.45) is 1.67. The van der Waals surface area contributed by atoms with Gasteiger partial charge in [0.25, 0.3) is 11.7 Å². The second-order valence-electron chi connectivity index (χ2n) is 8.91. The van der Waals surface area contributed by atoms with Crippen LogP contribution in [-0.4, -0.2) is 37.1 Å². The van der Waals surface area contributed by atoms with Crippen LogP contribution in [0, 0.1) is 0 Å². The summed E-state index contributed by atoms with van der Waals surface area (Å²) in [5.74, 6) is -0.166. The van der Waals surface area contributed by atoms with Crippen LogP contribution in [0.25, 0.3) is 5.76 Å². The summed E-state index contributed by atoms with van der Waals surface area (Å²) in [5, 5.41) is 11.5.